The van der Waals surface area contributed by atoms with Crippen molar-refractivity contribution in [1.29, 1.82) is 0 Å². The Hall–Kier alpha value is -3.27. The monoisotopic (exact) mass is 358 g/mol. The number of aryl methyl sites for hydroxylation is 2. The van der Waals surface area contributed by atoms with Gasteiger partial charge in [-0.05, 0) is 43.5 Å². The molecule has 0 aliphatic heterocycles. The van der Waals surface area contributed by atoms with Crippen molar-refractivity contribution < 1.29 is 9.21 Å². The molecule has 0 spiro atoms. The lowest BCUT2D eigenvalue weighted by Gasteiger charge is -2.13. The summed E-state index contributed by atoms with van der Waals surface area (Å²) >= 11 is 0. The molecule has 0 aliphatic carbocycles. The minimum Gasteiger partial charge on any atom is -0.463 e. The third-order valence-corrected chi connectivity index (χ3v) is 5.07. The average molecular weight is 358 g/mol. The Morgan fingerprint density at radius 1 is 1.04 bits per heavy atom. The number of benzene rings is 2. The van der Waals surface area contributed by atoms with Crippen molar-refractivity contribution in [2.24, 2.45) is 0 Å². The maximum Gasteiger partial charge on any atom is 0.272 e. The number of carbonyl (C=O) groups is 1. The van der Waals surface area contributed by atoms with Crippen LogP contribution >= 0.6 is 0 Å². The molecule has 27 heavy (non-hydrogen) atoms. The lowest BCUT2D eigenvalue weighted by Crippen LogP contribution is -2.18. The molecule has 1 N–H and O–H groups in total. The first kappa shape index (κ1) is 17.2. The van der Waals surface area contributed by atoms with E-state index in [4.69, 9.17) is 4.42 Å². The van der Waals surface area contributed by atoms with Crippen LogP contribution in [0.15, 0.2) is 65.3 Å². The molecule has 0 atom stereocenters. The number of fused-ring (bicyclic) bond motifs is 1. The molecule has 0 bridgehead atoms. The molecule has 0 saturated carbocycles. The van der Waals surface area contributed by atoms with Crippen molar-refractivity contribution in [1.82, 2.24) is 4.57 Å². The average Bonchev–Trinajstić information content (AvgIpc) is 3.23. The molecule has 2 aromatic carbocycles. The van der Waals surface area contributed by atoms with Crippen LogP contribution in [0.1, 0.15) is 32.7 Å². The molecule has 2 heterocycles. The largest absolute Gasteiger partial charge is 0.463 e. The molecular formula is C23H22N2O2. The van der Waals surface area contributed by atoms with Gasteiger partial charge in [0.05, 0.1) is 11.8 Å². The predicted molar refractivity (Wildman–Crippen MR) is 108 cm³/mol. The fraction of sp³-hybridized carbons (Fsp3) is 0.174. The smallest absolute Gasteiger partial charge is 0.272 e. The topological polar surface area (TPSA) is 47.2 Å². The highest BCUT2D eigenvalue weighted by Crippen LogP contribution is 2.25. The van der Waals surface area contributed by atoms with Crippen molar-refractivity contribution in [3.8, 4) is 0 Å². The standard InChI is InChI=1S/C23H22N2O2/c1-15-7-9-18(10-8-15)14-25-20-11-12-27-22(20)13-21(25)23(26)24-19-6-4-5-16(2)17(19)3/h4-13H,14H2,1-3H3,(H,24,26). The zero-order valence-corrected chi connectivity index (χ0v) is 15.7. The minimum absolute atomic E-state index is 0.137. The fourth-order valence-electron chi connectivity index (χ4n) is 3.28. The van der Waals surface area contributed by atoms with E-state index in [0.717, 1.165) is 27.9 Å². The first-order valence-electron chi connectivity index (χ1n) is 9.03. The number of amides is 1. The van der Waals surface area contributed by atoms with Gasteiger partial charge in [0.1, 0.15) is 5.69 Å². The Kier molecular flexibility index (Phi) is 4.32. The van der Waals surface area contributed by atoms with Gasteiger partial charge in [-0.2, -0.15) is 0 Å². The van der Waals surface area contributed by atoms with Gasteiger partial charge in [-0.15, -0.1) is 0 Å². The van der Waals surface area contributed by atoms with Gasteiger partial charge in [0.15, 0.2) is 5.58 Å². The van der Waals surface area contributed by atoms with E-state index in [9.17, 15) is 4.79 Å². The fourth-order valence-corrected chi connectivity index (χ4v) is 3.28. The molecule has 4 rings (SSSR count). The number of carbonyl (C=O) groups excluding carboxylic acids is 1. The molecule has 4 aromatic rings. The minimum atomic E-state index is -0.137. The number of hydrogen-bond acceptors (Lipinski definition) is 2. The molecule has 0 radical (unpaired) electrons. The zero-order valence-electron chi connectivity index (χ0n) is 15.7. The summed E-state index contributed by atoms with van der Waals surface area (Å²) in [7, 11) is 0. The normalized spacial score (nSPS) is 11.1. The molecule has 4 nitrogen and oxygen atoms in total. The lowest BCUT2D eigenvalue weighted by molar-refractivity contribution is 0.101. The van der Waals surface area contributed by atoms with Gasteiger partial charge in [0, 0.05) is 24.4 Å². The van der Waals surface area contributed by atoms with Crippen LogP contribution in [-0.4, -0.2) is 10.5 Å². The lowest BCUT2D eigenvalue weighted by atomic mass is 10.1. The van der Waals surface area contributed by atoms with Gasteiger partial charge in [-0.3, -0.25) is 4.79 Å². The predicted octanol–water partition coefficient (Wildman–Crippen LogP) is 5.46. The van der Waals surface area contributed by atoms with Crippen LogP contribution in [0, 0.1) is 20.8 Å². The zero-order chi connectivity index (χ0) is 19.0. The van der Waals surface area contributed by atoms with E-state index >= 15 is 0 Å². The first-order chi connectivity index (χ1) is 13.0. The molecule has 2 aromatic heterocycles. The summed E-state index contributed by atoms with van der Waals surface area (Å²) in [5, 5.41) is 3.05. The maximum atomic E-state index is 13.0. The Morgan fingerprint density at radius 3 is 2.59 bits per heavy atom. The summed E-state index contributed by atoms with van der Waals surface area (Å²) in [5.41, 5.74) is 7.64. The van der Waals surface area contributed by atoms with Crippen LogP contribution in [0.25, 0.3) is 11.1 Å². The number of hydrogen-bond donors (Lipinski definition) is 1. The van der Waals surface area contributed by atoms with Gasteiger partial charge < -0.3 is 14.3 Å². The number of aromatic nitrogens is 1. The number of anilines is 1. The Labute approximate surface area is 158 Å². The van der Waals surface area contributed by atoms with Gasteiger partial charge in [0.25, 0.3) is 5.91 Å². The van der Waals surface area contributed by atoms with Crippen LogP contribution in [0.3, 0.4) is 0 Å². The van der Waals surface area contributed by atoms with Crippen LogP contribution in [0.5, 0.6) is 0 Å². The Balaban J connectivity index is 1.70. The highest BCUT2D eigenvalue weighted by atomic mass is 16.3. The summed E-state index contributed by atoms with van der Waals surface area (Å²) in [6, 6.07) is 18.0. The summed E-state index contributed by atoms with van der Waals surface area (Å²) in [4.78, 5) is 13.0. The van der Waals surface area contributed by atoms with Crippen molar-refractivity contribution in [2.45, 2.75) is 27.3 Å². The Morgan fingerprint density at radius 2 is 1.81 bits per heavy atom. The van der Waals surface area contributed by atoms with E-state index in [1.165, 1.54) is 5.56 Å². The van der Waals surface area contributed by atoms with E-state index in [0.29, 0.717) is 17.8 Å². The molecule has 136 valence electrons. The first-order valence-corrected chi connectivity index (χ1v) is 9.03. The quantitative estimate of drug-likeness (QED) is 0.526. The summed E-state index contributed by atoms with van der Waals surface area (Å²) in [6.07, 6.45) is 1.66. The summed E-state index contributed by atoms with van der Waals surface area (Å²) < 4.78 is 7.54. The highest BCUT2D eigenvalue weighted by Gasteiger charge is 2.18. The molecule has 0 saturated heterocycles. The summed E-state index contributed by atoms with van der Waals surface area (Å²) in [5.74, 6) is -0.137. The van der Waals surface area contributed by atoms with Gasteiger partial charge in [-0.1, -0.05) is 42.0 Å². The molecule has 4 heteroatoms. The van der Waals surface area contributed by atoms with E-state index in [-0.39, 0.29) is 5.91 Å². The molecule has 0 unspecified atom stereocenters. The summed E-state index contributed by atoms with van der Waals surface area (Å²) in [6.45, 7) is 6.73. The van der Waals surface area contributed by atoms with Gasteiger partial charge in [0.2, 0.25) is 0 Å². The van der Waals surface area contributed by atoms with Crippen LogP contribution in [-0.2, 0) is 6.54 Å². The second kappa shape index (κ2) is 6.80. The second-order valence-electron chi connectivity index (χ2n) is 6.97. The van der Waals surface area contributed by atoms with Crippen LogP contribution in [0.4, 0.5) is 5.69 Å². The van der Waals surface area contributed by atoms with Crippen molar-refractivity contribution in [2.75, 3.05) is 5.32 Å². The van der Waals surface area contributed by atoms with Gasteiger partial charge in [-0.25, -0.2) is 0 Å². The van der Waals surface area contributed by atoms with E-state index < -0.39 is 0 Å². The van der Waals surface area contributed by atoms with Crippen molar-refractivity contribution in [3.63, 3.8) is 0 Å². The molecule has 0 fully saturated rings. The van der Waals surface area contributed by atoms with E-state index in [2.05, 4.69) is 36.5 Å². The van der Waals surface area contributed by atoms with Crippen molar-refractivity contribution >= 4 is 22.7 Å². The van der Waals surface area contributed by atoms with Crippen LogP contribution < -0.4 is 5.32 Å². The number of furan rings is 1. The van der Waals surface area contributed by atoms with Crippen LogP contribution in [0.2, 0.25) is 0 Å². The number of rotatable bonds is 4. The Bertz CT molecular complexity index is 1120. The highest BCUT2D eigenvalue weighted by molar-refractivity contribution is 6.06. The molecule has 1 amide bonds. The second-order valence-corrected chi connectivity index (χ2v) is 6.97. The molecular weight excluding hydrogens is 336 g/mol. The van der Waals surface area contributed by atoms with E-state index in [1.807, 2.05) is 48.7 Å². The maximum absolute atomic E-state index is 13.0. The third kappa shape index (κ3) is 3.26. The van der Waals surface area contributed by atoms with Gasteiger partial charge >= 0.3 is 0 Å². The number of nitrogens with zero attached hydrogens (tertiary/aromatic N) is 1. The van der Waals surface area contributed by atoms with E-state index in [1.54, 1.807) is 6.26 Å². The third-order valence-electron chi connectivity index (χ3n) is 5.07. The molecule has 0 aliphatic rings. The van der Waals surface area contributed by atoms with Crippen molar-refractivity contribution in [3.05, 3.63) is 88.8 Å². The number of nitrogens with one attached hydrogen (secondary N) is 1. The SMILES string of the molecule is Cc1ccc(Cn2c(C(=O)Nc3cccc(C)c3C)cc3occc32)cc1.